The van der Waals surface area contributed by atoms with Crippen molar-refractivity contribution in [2.45, 2.75) is 92.9 Å². The van der Waals surface area contributed by atoms with Crippen LogP contribution in [0.25, 0.3) is 0 Å². The summed E-state index contributed by atoms with van der Waals surface area (Å²) in [4.78, 5) is 38.7. The first kappa shape index (κ1) is 37.1. The molecular weight excluding hydrogens is 518 g/mol. The minimum absolute atomic E-state index is 0.0289. The maximum atomic E-state index is 13.0. The first-order chi connectivity index (χ1) is 19.5. The van der Waals surface area contributed by atoms with Gasteiger partial charge in [-0.2, -0.15) is 0 Å². The molecule has 0 aromatic carbocycles. The Morgan fingerprint density at radius 1 is 1.07 bits per heavy atom. The number of carbonyl (C=O) groups excluding carboxylic acids is 2. The zero-order chi connectivity index (χ0) is 31.2. The Morgan fingerprint density at radius 3 is 2.20 bits per heavy atom. The number of carboxylic acid groups (broad SMARTS) is 1. The Balaban J connectivity index is 0.00000149. The van der Waals surface area contributed by atoms with E-state index in [1.54, 1.807) is 32.9 Å². The number of carbonyl (C=O) groups is 3. The van der Waals surface area contributed by atoms with Crippen molar-refractivity contribution in [2.75, 3.05) is 6.54 Å². The predicted octanol–water partition coefficient (Wildman–Crippen LogP) is 5.75. The van der Waals surface area contributed by atoms with Gasteiger partial charge in [0, 0.05) is 17.9 Å². The lowest BCUT2D eigenvalue weighted by Gasteiger charge is -2.17. The normalized spacial score (nSPS) is 15.9. The molecule has 0 aromatic rings. The van der Waals surface area contributed by atoms with Gasteiger partial charge in [-0.3, -0.25) is 19.4 Å². The Hall–Kier alpha value is -3.88. The number of rotatable bonds is 15. The van der Waals surface area contributed by atoms with Crippen LogP contribution in [0.1, 0.15) is 92.9 Å². The number of nitrogens with one attached hydrogen (secondary N) is 3. The Kier molecular flexibility index (Phi) is 19.8. The molecule has 1 saturated carbocycles. The number of allylic oxidation sites excluding steroid dienone is 7. The maximum Gasteiger partial charge on any atom is 0.306 e. The molecule has 1 rings (SSSR count). The predicted molar refractivity (Wildman–Crippen MR) is 169 cm³/mol. The third-order valence-corrected chi connectivity index (χ3v) is 6.22. The van der Waals surface area contributed by atoms with Crippen LogP contribution < -0.4 is 21.7 Å². The Bertz CT molecular complexity index is 1050. The third kappa shape index (κ3) is 16.1. The van der Waals surface area contributed by atoms with Crippen LogP contribution >= 0.6 is 0 Å². The number of carboxylic acids is 1. The van der Waals surface area contributed by atoms with E-state index >= 15 is 0 Å². The summed E-state index contributed by atoms with van der Waals surface area (Å²) >= 11 is 0. The van der Waals surface area contributed by atoms with Crippen molar-refractivity contribution in [3.05, 3.63) is 71.0 Å². The fourth-order valence-corrected chi connectivity index (χ4v) is 3.71. The summed E-state index contributed by atoms with van der Waals surface area (Å²) in [5, 5.41) is 17.4. The number of amidine groups is 1. The number of aliphatic imine (C=N–C) groups is 1. The van der Waals surface area contributed by atoms with Gasteiger partial charge in [0.2, 0.25) is 12.2 Å². The van der Waals surface area contributed by atoms with Crippen LogP contribution in [-0.4, -0.2) is 35.6 Å². The second-order valence-corrected chi connectivity index (χ2v) is 9.92. The van der Waals surface area contributed by atoms with Crippen molar-refractivity contribution in [2.24, 2.45) is 16.6 Å². The second kappa shape index (κ2) is 21.9. The minimum atomic E-state index is -0.602. The molecule has 9 heteroatoms. The molecule has 0 heterocycles. The van der Waals surface area contributed by atoms with E-state index in [9.17, 15) is 14.4 Å². The number of unbranched alkanes of at least 4 members (excludes halogenated alkanes) is 1. The SMILES string of the molecule is C=C(C)/C(=C\C=C(/C)C(=O)/C(N/C(=C/C)NC(/C=C/CC)=NCCCC)=C(/C)N)NC=O.O=C(O)C1CCCCC1. The number of amides is 1. The van der Waals surface area contributed by atoms with E-state index in [4.69, 9.17) is 10.8 Å². The van der Waals surface area contributed by atoms with Crippen molar-refractivity contribution >= 4 is 24.0 Å². The summed E-state index contributed by atoms with van der Waals surface area (Å²) in [6, 6.07) is 0. The van der Waals surface area contributed by atoms with E-state index < -0.39 is 5.97 Å². The molecule has 0 saturated heterocycles. The quantitative estimate of drug-likeness (QED) is 0.0421. The fraction of sp³-hybridized carbons (Fsp3) is 0.500. The monoisotopic (exact) mass is 569 g/mol. The molecular formula is C32H51N5O4. The average Bonchev–Trinajstić information content (AvgIpc) is 2.95. The van der Waals surface area contributed by atoms with Crippen molar-refractivity contribution in [1.82, 2.24) is 16.0 Å². The van der Waals surface area contributed by atoms with Crippen LogP contribution in [-0.2, 0) is 14.4 Å². The van der Waals surface area contributed by atoms with Gasteiger partial charge >= 0.3 is 5.97 Å². The average molecular weight is 570 g/mol. The van der Waals surface area contributed by atoms with Gasteiger partial charge in [-0.15, -0.1) is 0 Å². The summed E-state index contributed by atoms with van der Waals surface area (Å²) in [5.41, 5.74) is 8.29. The minimum Gasteiger partial charge on any atom is -0.481 e. The molecule has 0 aliphatic heterocycles. The van der Waals surface area contributed by atoms with Crippen molar-refractivity contribution in [3.8, 4) is 0 Å². The Morgan fingerprint density at radius 2 is 1.73 bits per heavy atom. The molecule has 41 heavy (non-hydrogen) atoms. The van der Waals surface area contributed by atoms with E-state index in [0.717, 1.165) is 51.5 Å². The summed E-state index contributed by atoms with van der Waals surface area (Å²) in [7, 11) is 0. The molecule has 0 spiro atoms. The van der Waals surface area contributed by atoms with E-state index in [1.165, 1.54) is 6.42 Å². The zero-order valence-corrected chi connectivity index (χ0v) is 25.8. The summed E-state index contributed by atoms with van der Waals surface area (Å²) in [5.74, 6) is 0.419. The second-order valence-electron chi connectivity index (χ2n) is 9.92. The lowest BCUT2D eigenvalue weighted by Crippen LogP contribution is -2.34. The molecule has 1 fully saturated rings. The molecule has 228 valence electrons. The number of aliphatic carboxylic acids is 1. The van der Waals surface area contributed by atoms with Crippen LogP contribution in [0.15, 0.2) is 76.0 Å². The highest BCUT2D eigenvalue weighted by Crippen LogP contribution is 2.23. The summed E-state index contributed by atoms with van der Waals surface area (Å²) in [6.07, 6.45) is 17.8. The van der Waals surface area contributed by atoms with E-state index in [2.05, 4.69) is 41.4 Å². The van der Waals surface area contributed by atoms with Crippen LogP contribution in [0.3, 0.4) is 0 Å². The number of ketones is 1. The number of nitrogens with zero attached hydrogens (tertiary/aromatic N) is 1. The number of hydrogen-bond acceptors (Lipinski definition) is 6. The van der Waals surface area contributed by atoms with Gasteiger partial charge in [0.1, 0.15) is 17.4 Å². The molecule has 0 bridgehead atoms. The number of nitrogens with two attached hydrogens (primary N) is 1. The highest BCUT2D eigenvalue weighted by Gasteiger charge is 2.19. The molecule has 0 radical (unpaired) electrons. The van der Waals surface area contributed by atoms with Gasteiger partial charge in [-0.1, -0.05) is 58.3 Å². The molecule has 1 amide bonds. The van der Waals surface area contributed by atoms with Gasteiger partial charge in [0.15, 0.2) is 0 Å². The van der Waals surface area contributed by atoms with Gasteiger partial charge in [0.25, 0.3) is 0 Å². The van der Waals surface area contributed by atoms with E-state index in [1.807, 2.05) is 25.2 Å². The molecule has 0 aromatic heterocycles. The molecule has 1 aliphatic rings. The van der Waals surface area contributed by atoms with Crippen LogP contribution in [0.5, 0.6) is 0 Å². The molecule has 0 unspecified atom stereocenters. The van der Waals surface area contributed by atoms with Crippen molar-refractivity contribution in [1.29, 1.82) is 0 Å². The van der Waals surface area contributed by atoms with Gasteiger partial charge in [-0.05, 0) is 82.8 Å². The Labute approximate surface area is 246 Å². The summed E-state index contributed by atoms with van der Waals surface area (Å²) in [6.45, 7) is 15.7. The standard InChI is InChI=1S/C25H39N5O2.C7H12O2/c1-8-11-13-23(27-16-12-9-2)29-22(10-3)30-24(20(7)26)25(32)19(6)14-15-21(18(4)5)28-17-31;8-7(9)6-4-2-1-3-5-6/h10-11,13-15,17,30H,4,8-9,12,16,26H2,1-3,5-7H3,(H,27,29)(H,28,31);6H,1-5H2,(H,8,9)/b13-11+,19-14+,21-15+,22-10+,24-20+;. The largest absolute Gasteiger partial charge is 0.481 e. The van der Waals surface area contributed by atoms with Crippen molar-refractivity contribution < 1.29 is 19.5 Å². The van der Waals surface area contributed by atoms with Crippen LogP contribution in [0, 0.1) is 5.92 Å². The van der Waals surface area contributed by atoms with Crippen LogP contribution in [0.4, 0.5) is 0 Å². The highest BCUT2D eigenvalue weighted by atomic mass is 16.4. The zero-order valence-electron chi connectivity index (χ0n) is 25.8. The van der Waals surface area contributed by atoms with Gasteiger partial charge < -0.3 is 26.8 Å². The lowest BCUT2D eigenvalue weighted by atomic mass is 9.90. The topological polar surface area (TPSA) is 146 Å². The third-order valence-electron chi connectivity index (χ3n) is 6.22. The lowest BCUT2D eigenvalue weighted by molar-refractivity contribution is -0.142. The first-order valence-electron chi connectivity index (χ1n) is 14.4. The van der Waals surface area contributed by atoms with Crippen molar-refractivity contribution in [3.63, 3.8) is 0 Å². The van der Waals surface area contributed by atoms with E-state index in [0.29, 0.717) is 40.6 Å². The maximum absolute atomic E-state index is 13.0. The molecule has 0 atom stereocenters. The van der Waals surface area contributed by atoms with Gasteiger partial charge in [-0.25, -0.2) is 0 Å². The summed E-state index contributed by atoms with van der Waals surface area (Å²) < 4.78 is 0. The van der Waals surface area contributed by atoms with Crippen LogP contribution in [0.2, 0.25) is 0 Å². The molecule has 6 N–H and O–H groups in total. The highest BCUT2D eigenvalue weighted by molar-refractivity contribution is 6.08. The smallest absolute Gasteiger partial charge is 0.306 e. The fourth-order valence-electron chi connectivity index (χ4n) is 3.71. The van der Waals surface area contributed by atoms with E-state index in [-0.39, 0.29) is 17.4 Å². The number of hydrogen-bond donors (Lipinski definition) is 5. The number of Topliss-reactive ketones (excluding diaryl/α,β-unsaturated/α-hetero) is 1. The first-order valence-corrected chi connectivity index (χ1v) is 14.4. The van der Waals surface area contributed by atoms with Gasteiger partial charge in [0.05, 0.1) is 5.92 Å². The molecule has 9 nitrogen and oxygen atoms in total. The molecule has 1 aliphatic carbocycles.